The Hall–Kier alpha value is -0.610. The van der Waals surface area contributed by atoms with Crippen LogP contribution in [0.5, 0.6) is 0 Å². The Morgan fingerprint density at radius 1 is 1.38 bits per heavy atom. The number of carbonyl (C=O) groups excluding carboxylic acids is 1. The molecule has 2 fully saturated rings. The summed E-state index contributed by atoms with van der Waals surface area (Å²) in [5.41, 5.74) is 0. The van der Waals surface area contributed by atoms with Gasteiger partial charge in [-0.1, -0.05) is 0 Å². The van der Waals surface area contributed by atoms with Crippen molar-refractivity contribution in [2.45, 2.75) is 6.42 Å². The Kier molecular flexibility index (Phi) is 2.80. The quantitative estimate of drug-likeness (QED) is 0.579. The van der Waals surface area contributed by atoms with Gasteiger partial charge in [0, 0.05) is 45.7 Å². The first kappa shape index (κ1) is 8.97. The van der Waals surface area contributed by atoms with E-state index in [-0.39, 0.29) is 5.91 Å². The van der Waals surface area contributed by atoms with Gasteiger partial charge in [-0.3, -0.25) is 4.79 Å². The fourth-order valence-electron chi connectivity index (χ4n) is 2.05. The van der Waals surface area contributed by atoms with Crippen molar-refractivity contribution in [1.29, 1.82) is 0 Å². The van der Waals surface area contributed by atoms with E-state index >= 15 is 0 Å². The molecule has 0 bridgehead atoms. The summed E-state index contributed by atoms with van der Waals surface area (Å²) in [6.07, 6.45) is 0.726. The van der Waals surface area contributed by atoms with Gasteiger partial charge in [0.2, 0.25) is 5.91 Å². The van der Waals surface area contributed by atoms with Crippen molar-refractivity contribution < 1.29 is 4.79 Å². The third kappa shape index (κ3) is 2.42. The largest absolute Gasteiger partial charge is 0.356 e. The number of nitrogens with one attached hydrogen (secondary N) is 2. The first-order valence-electron chi connectivity index (χ1n) is 5.04. The molecule has 74 valence electrons. The standard InChI is InChI=1S/C9H17N3O/c13-9-5-8(6-11-9)7-12-3-1-10-2-4-12/h8,10H,1-7H2,(H,11,13). The van der Waals surface area contributed by atoms with E-state index < -0.39 is 0 Å². The molecule has 2 rings (SSSR count). The van der Waals surface area contributed by atoms with Gasteiger partial charge in [0.15, 0.2) is 0 Å². The zero-order valence-corrected chi connectivity index (χ0v) is 7.88. The molecule has 0 aromatic heterocycles. The average molecular weight is 183 g/mol. The Labute approximate surface area is 78.7 Å². The number of piperazine rings is 1. The van der Waals surface area contributed by atoms with Gasteiger partial charge in [0.1, 0.15) is 0 Å². The lowest BCUT2D eigenvalue weighted by Crippen LogP contribution is -2.45. The molecule has 4 nitrogen and oxygen atoms in total. The molecule has 1 amide bonds. The second-order valence-corrected chi connectivity index (χ2v) is 3.92. The summed E-state index contributed by atoms with van der Waals surface area (Å²) in [6.45, 7) is 6.40. The van der Waals surface area contributed by atoms with Crippen LogP contribution in [0.15, 0.2) is 0 Å². The molecule has 0 aromatic carbocycles. The molecule has 0 spiro atoms. The zero-order chi connectivity index (χ0) is 9.10. The van der Waals surface area contributed by atoms with Crippen LogP contribution in [-0.4, -0.2) is 50.1 Å². The van der Waals surface area contributed by atoms with Gasteiger partial charge in [-0.15, -0.1) is 0 Å². The number of rotatable bonds is 2. The monoisotopic (exact) mass is 183 g/mol. The molecule has 13 heavy (non-hydrogen) atoms. The summed E-state index contributed by atoms with van der Waals surface area (Å²) >= 11 is 0. The van der Waals surface area contributed by atoms with Gasteiger partial charge in [-0.2, -0.15) is 0 Å². The molecular formula is C9H17N3O. The molecule has 2 aliphatic rings. The van der Waals surface area contributed by atoms with Crippen LogP contribution in [0.4, 0.5) is 0 Å². The van der Waals surface area contributed by atoms with Crippen LogP contribution in [-0.2, 0) is 4.79 Å². The van der Waals surface area contributed by atoms with Crippen LogP contribution in [0.2, 0.25) is 0 Å². The van der Waals surface area contributed by atoms with Crippen LogP contribution in [0, 0.1) is 5.92 Å². The highest BCUT2D eigenvalue weighted by Crippen LogP contribution is 2.10. The van der Waals surface area contributed by atoms with Crippen LogP contribution >= 0.6 is 0 Å². The highest BCUT2D eigenvalue weighted by Gasteiger charge is 2.23. The van der Waals surface area contributed by atoms with E-state index in [9.17, 15) is 4.79 Å². The van der Waals surface area contributed by atoms with Crippen LogP contribution < -0.4 is 10.6 Å². The van der Waals surface area contributed by atoms with Gasteiger partial charge in [-0.05, 0) is 5.92 Å². The smallest absolute Gasteiger partial charge is 0.220 e. The summed E-state index contributed by atoms with van der Waals surface area (Å²) in [5.74, 6) is 0.769. The van der Waals surface area contributed by atoms with Gasteiger partial charge in [-0.25, -0.2) is 0 Å². The van der Waals surface area contributed by atoms with E-state index in [1.807, 2.05) is 0 Å². The first-order chi connectivity index (χ1) is 6.34. The molecule has 0 aromatic rings. The van der Waals surface area contributed by atoms with E-state index in [0.717, 1.165) is 45.7 Å². The predicted molar refractivity (Wildman–Crippen MR) is 50.4 cm³/mol. The topological polar surface area (TPSA) is 44.4 Å². The van der Waals surface area contributed by atoms with Crippen molar-refractivity contribution in [3.8, 4) is 0 Å². The Balaban J connectivity index is 1.73. The molecule has 4 heteroatoms. The Morgan fingerprint density at radius 2 is 2.15 bits per heavy atom. The van der Waals surface area contributed by atoms with Crippen molar-refractivity contribution in [1.82, 2.24) is 15.5 Å². The lowest BCUT2D eigenvalue weighted by molar-refractivity contribution is -0.119. The highest BCUT2D eigenvalue weighted by atomic mass is 16.1. The van der Waals surface area contributed by atoms with E-state index in [0.29, 0.717) is 5.92 Å². The van der Waals surface area contributed by atoms with Crippen molar-refractivity contribution in [2.24, 2.45) is 5.92 Å². The minimum absolute atomic E-state index is 0.222. The number of amides is 1. The predicted octanol–water partition coefficient (Wildman–Crippen LogP) is -0.972. The molecule has 2 heterocycles. The number of hydrogen-bond acceptors (Lipinski definition) is 3. The van der Waals surface area contributed by atoms with Crippen molar-refractivity contribution >= 4 is 5.91 Å². The maximum absolute atomic E-state index is 11.0. The number of nitrogens with zero attached hydrogens (tertiary/aromatic N) is 1. The van der Waals surface area contributed by atoms with E-state index in [1.165, 1.54) is 0 Å². The first-order valence-corrected chi connectivity index (χ1v) is 5.04. The van der Waals surface area contributed by atoms with Crippen LogP contribution in [0.25, 0.3) is 0 Å². The van der Waals surface area contributed by atoms with Crippen LogP contribution in [0.1, 0.15) is 6.42 Å². The van der Waals surface area contributed by atoms with Crippen LogP contribution in [0.3, 0.4) is 0 Å². The SMILES string of the molecule is O=C1CC(CN2CCNCC2)CN1. The van der Waals surface area contributed by atoms with E-state index in [2.05, 4.69) is 15.5 Å². The van der Waals surface area contributed by atoms with Gasteiger partial charge >= 0.3 is 0 Å². The molecule has 0 aliphatic carbocycles. The maximum atomic E-state index is 11.0. The molecule has 0 radical (unpaired) electrons. The molecular weight excluding hydrogens is 166 g/mol. The minimum Gasteiger partial charge on any atom is -0.356 e. The molecule has 1 atom stereocenters. The molecule has 1 unspecified atom stereocenters. The third-order valence-electron chi connectivity index (χ3n) is 2.79. The lowest BCUT2D eigenvalue weighted by Gasteiger charge is -2.28. The van der Waals surface area contributed by atoms with Crippen molar-refractivity contribution in [2.75, 3.05) is 39.3 Å². The molecule has 2 saturated heterocycles. The van der Waals surface area contributed by atoms with E-state index in [4.69, 9.17) is 0 Å². The fraction of sp³-hybridized carbons (Fsp3) is 0.889. The van der Waals surface area contributed by atoms with Gasteiger partial charge in [0.05, 0.1) is 0 Å². The zero-order valence-electron chi connectivity index (χ0n) is 7.88. The van der Waals surface area contributed by atoms with Gasteiger partial charge < -0.3 is 15.5 Å². The minimum atomic E-state index is 0.222. The molecule has 2 N–H and O–H groups in total. The fourth-order valence-corrected chi connectivity index (χ4v) is 2.05. The van der Waals surface area contributed by atoms with Gasteiger partial charge in [0.25, 0.3) is 0 Å². The summed E-state index contributed by atoms with van der Waals surface area (Å²) in [7, 11) is 0. The second-order valence-electron chi connectivity index (χ2n) is 3.92. The normalized spacial score (nSPS) is 30.5. The highest BCUT2D eigenvalue weighted by molar-refractivity contribution is 5.78. The maximum Gasteiger partial charge on any atom is 0.220 e. The van der Waals surface area contributed by atoms with E-state index in [1.54, 1.807) is 0 Å². The molecule has 2 aliphatic heterocycles. The molecule has 0 saturated carbocycles. The third-order valence-corrected chi connectivity index (χ3v) is 2.79. The second kappa shape index (κ2) is 4.07. The Morgan fingerprint density at radius 3 is 2.77 bits per heavy atom. The lowest BCUT2D eigenvalue weighted by atomic mass is 10.1. The van der Waals surface area contributed by atoms with Crippen molar-refractivity contribution in [3.63, 3.8) is 0 Å². The average Bonchev–Trinajstić information content (AvgIpc) is 2.53. The van der Waals surface area contributed by atoms with Crippen molar-refractivity contribution in [3.05, 3.63) is 0 Å². The number of carbonyl (C=O) groups is 1. The summed E-state index contributed by atoms with van der Waals surface area (Å²) < 4.78 is 0. The Bertz CT molecular complexity index is 189. The summed E-state index contributed by atoms with van der Waals surface area (Å²) in [4.78, 5) is 13.4. The number of hydrogen-bond donors (Lipinski definition) is 2. The summed E-state index contributed by atoms with van der Waals surface area (Å²) in [6, 6.07) is 0. The summed E-state index contributed by atoms with van der Waals surface area (Å²) in [5, 5.41) is 6.20.